The summed E-state index contributed by atoms with van der Waals surface area (Å²) in [5.41, 5.74) is 4.58. The number of nitrogens with one attached hydrogen (secondary N) is 2. The van der Waals surface area contributed by atoms with Crippen molar-refractivity contribution in [2.45, 2.75) is 46.5 Å². The Morgan fingerprint density at radius 1 is 1.20 bits per heavy atom. The molecule has 1 unspecified atom stereocenters. The molecule has 1 aliphatic heterocycles. The van der Waals surface area contributed by atoms with Gasteiger partial charge in [-0.05, 0) is 55.0 Å². The van der Waals surface area contributed by atoms with Gasteiger partial charge in [0.05, 0.1) is 0 Å². The van der Waals surface area contributed by atoms with Crippen LogP contribution in [0.2, 0.25) is 0 Å². The molecular weight excluding hydrogens is 376 g/mol. The van der Waals surface area contributed by atoms with Gasteiger partial charge < -0.3 is 10.6 Å². The fourth-order valence-corrected chi connectivity index (χ4v) is 4.41. The third-order valence-corrected chi connectivity index (χ3v) is 5.66. The molecule has 0 radical (unpaired) electrons. The van der Waals surface area contributed by atoms with Crippen LogP contribution in [0.3, 0.4) is 0 Å². The molecule has 4 rings (SSSR count). The lowest BCUT2D eigenvalue weighted by molar-refractivity contribution is -0.118. The first kappa shape index (κ1) is 20.0. The van der Waals surface area contributed by atoms with E-state index in [4.69, 9.17) is 0 Å². The van der Waals surface area contributed by atoms with Crippen molar-refractivity contribution in [3.63, 3.8) is 0 Å². The zero-order valence-corrected chi connectivity index (χ0v) is 17.7. The van der Waals surface area contributed by atoms with Crippen molar-refractivity contribution < 1.29 is 9.59 Å². The number of aryl methyl sites for hydroxylation is 1. The number of ketones is 1. The van der Waals surface area contributed by atoms with Gasteiger partial charge in [0.2, 0.25) is 0 Å². The molecule has 3 heterocycles. The van der Waals surface area contributed by atoms with E-state index in [0.717, 1.165) is 28.9 Å². The van der Waals surface area contributed by atoms with Crippen LogP contribution in [0.25, 0.3) is 0 Å². The van der Waals surface area contributed by atoms with Gasteiger partial charge in [-0.3, -0.25) is 14.6 Å². The number of nitrogens with zero attached hydrogens (tertiary/aromatic N) is 2. The van der Waals surface area contributed by atoms with E-state index >= 15 is 0 Å². The van der Waals surface area contributed by atoms with Gasteiger partial charge in [0.25, 0.3) is 5.91 Å². The van der Waals surface area contributed by atoms with Crippen LogP contribution in [0.4, 0.5) is 5.82 Å². The number of amides is 1. The van der Waals surface area contributed by atoms with Crippen molar-refractivity contribution in [3.05, 3.63) is 76.5 Å². The minimum atomic E-state index is -0.455. The average Bonchev–Trinajstić information content (AvgIpc) is 2.66. The number of pyridine rings is 2. The second-order valence-corrected chi connectivity index (χ2v) is 8.89. The van der Waals surface area contributed by atoms with Gasteiger partial charge in [-0.2, -0.15) is 0 Å². The molecule has 154 valence electrons. The van der Waals surface area contributed by atoms with Gasteiger partial charge in [-0.15, -0.1) is 0 Å². The third kappa shape index (κ3) is 3.77. The fourth-order valence-electron chi connectivity index (χ4n) is 4.41. The topological polar surface area (TPSA) is 84.0 Å². The number of allylic oxidation sites excluding steroid dienone is 3. The van der Waals surface area contributed by atoms with E-state index in [0.29, 0.717) is 23.4 Å². The Morgan fingerprint density at radius 3 is 2.70 bits per heavy atom. The summed E-state index contributed by atoms with van der Waals surface area (Å²) in [6.45, 7) is 8.03. The molecule has 1 aliphatic carbocycles. The van der Waals surface area contributed by atoms with Crippen LogP contribution < -0.4 is 10.6 Å². The summed E-state index contributed by atoms with van der Waals surface area (Å²) in [6, 6.07) is 7.45. The first-order valence-corrected chi connectivity index (χ1v) is 10.1. The van der Waals surface area contributed by atoms with E-state index in [9.17, 15) is 9.59 Å². The van der Waals surface area contributed by atoms with Crippen molar-refractivity contribution >= 4 is 17.5 Å². The van der Waals surface area contributed by atoms with Crippen molar-refractivity contribution in [2.75, 3.05) is 5.32 Å². The van der Waals surface area contributed by atoms with Gasteiger partial charge in [0.15, 0.2) is 5.78 Å². The van der Waals surface area contributed by atoms with Crippen molar-refractivity contribution in [1.29, 1.82) is 0 Å². The Balaban J connectivity index is 1.79. The Hall–Kier alpha value is -3.28. The molecule has 0 saturated heterocycles. The van der Waals surface area contributed by atoms with Crippen LogP contribution in [0.1, 0.15) is 50.7 Å². The van der Waals surface area contributed by atoms with Crippen LogP contribution in [-0.2, 0) is 9.59 Å². The predicted molar refractivity (Wildman–Crippen MR) is 115 cm³/mol. The van der Waals surface area contributed by atoms with E-state index in [1.807, 2.05) is 38.1 Å². The maximum atomic E-state index is 13.4. The molecule has 6 nitrogen and oxygen atoms in total. The first-order chi connectivity index (χ1) is 14.2. The molecule has 0 spiro atoms. The van der Waals surface area contributed by atoms with Crippen molar-refractivity contribution in [2.24, 2.45) is 5.41 Å². The van der Waals surface area contributed by atoms with Crippen LogP contribution in [0.5, 0.6) is 0 Å². The summed E-state index contributed by atoms with van der Waals surface area (Å²) in [5, 5.41) is 6.28. The molecule has 2 aromatic rings. The van der Waals surface area contributed by atoms with E-state index < -0.39 is 5.92 Å². The number of dihydropyridines is 1. The lowest BCUT2D eigenvalue weighted by atomic mass is 9.68. The highest BCUT2D eigenvalue weighted by molar-refractivity contribution is 6.09. The summed E-state index contributed by atoms with van der Waals surface area (Å²) in [5.74, 6) is -0.158. The fraction of sp³-hybridized carbons (Fsp3) is 0.333. The van der Waals surface area contributed by atoms with E-state index in [-0.39, 0.29) is 17.1 Å². The second-order valence-electron chi connectivity index (χ2n) is 8.89. The summed E-state index contributed by atoms with van der Waals surface area (Å²) >= 11 is 0. The van der Waals surface area contributed by atoms with Gasteiger partial charge in [-0.25, -0.2) is 4.98 Å². The Kier molecular flexibility index (Phi) is 5.02. The van der Waals surface area contributed by atoms with Gasteiger partial charge in [-0.1, -0.05) is 19.9 Å². The lowest BCUT2D eigenvalue weighted by Gasteiger charge is -2.39. The van der Waals surface area contributed by atoms with Gasteiger partial charge in [0, 0.05) is 53.5 Å². The monoisotopic (exact) mass is 402 g/mol. The lowest BCUT2D eigenvalue weighted by Crippen LogP contribution is -2.39. The third-order valence-electron chi connectivity index (χ3n) is 5.66. The second kappa shape index (κ2) is 7.52. The molecule has 0 fully saturated rings. The highest BCUT2D eigenvalue weighted by atomic mass is 16.2. The Morgan fingerprint density at radius 2 is 2.00 bits per heavy atom. The predicted octanol–water partition coefficient (Wildman–Crippen LogP) is 4.03. The van der Waals surface area contributed by atoms with Crippen molar-refractivity contribution in [3.8, 4) is 0 Å². The molecule has 1 amide bonds. The number of hydrogen-bond acceptors (Lipinski definition) is 5. The molecule has 2 aromatic heterocycles. The zero-order chi connectivity index (χ0) is 21.5. The van der Waals surface area contributed by atoms with E-state index in [1.54, 1.807) is 18.6 Å². The maximum absolute atomic E-state index is 13.4. The highest BCUT2D eigenvalue weighted by Crippen LogP contribution is 2.46. The number of carbonyl (C=O) groups is 2. The van der Waals surface area contributed by atoms with Gasteiger partial charge >= 0.3 is 0 Å². The first-order valence-electron chi connectivity index (χ1n) is 10.1. The number of carbonyl (C=O) groups excluding carboxylic acids is 2. The molecular formula is C24H26N4O2. The highest BCUT2D eigenvalue weighted by Gasteiger charge is 2.42. The maximum Gasteiger partial charge on any atom is 0.255 e. The average molecular weight is 402 g/mol. The quantitative estimate of drug-likeness (QED) is 0.810. The standard InChI is InChI=1S/C24H26N4O2/c1-14-7-9-26-19(10-14)28-23(30)20-15(2)27-17-11-24(3,4)12-18(29)22(17)21(20)16-6-5-8-25-13-16/h5-10,13,21,27H,11-12H2,1-4H3,(H,26,28,30). The number of rotatable bonds is 3. The van der Waals surface area contributed by atoms with Crippen LogP contribution in [-0.4, -0.2) is 21.7 Å². The normalized spacial score (nSPS) is 20.5. The molecule has 30 heavy (non-hydrogen) atoms. The summed E-state index contributed by atoms with van der Waals surface area (Å²) in [7, 11) is 0. The molecule has 6 heteroatoms. The summed E-state index contributed by atoms with van der Waals surface area (Å²) in [6.07, 6.45) is 6.31. The molecule has 0 bridgehead atoms. The Bertz CT molecular complexity index is 1080. The van der Waals surface area contributed by atoms with Crippen LogP contribution in [0, 0.1) is 12.3 Å². The zero-order valence-electron chi connectivity index (χ0n) is 17.7. The summed E-state index contributed by atoms with van der Waals surface area (Å²) < 4.78 is 0. The molecule has 1 atom stereocenters. The van der Waals surface area contributed by atoms with E-state index in [1.165, 1.54) is 0 Å². The smallest absolute Gasteiger partial charge is 0.255 e. The molecule has 0 saturated carbocycles. The molecule has 0 aromatic carbocycles. The summed E-state index contributed by atoms with van der Waals surface area (Å²) in [4.78, 5) is 35.1. The van der Waals surface area contributed by atoms with E-state index in [2.05, 4.69) is 34.4 Å². The van der Waals surface area contributed by atoms with Crippen LogP contribution >= 0.6 is 0 Å². The number of aromatic nitrogens is 2. The number of hydrogen-bond donors (Lipinski definition) is 2. The Labute approximate surface area is 176 Å². The number of Topliss-reactive ketones (excluding diaryl/α,β-unsaturated/α-hetero) is 1. The molecule has 2 N–H and O–H groups in total. The van der Waals surface area contributed by atoms with Crippen molar-refractivity contribution in [1.82, 2.24) is 15.3 Å². The SMILES string of the molecule is CC1=C(C(=O)Nc2cc(C)ccn2)C(c2cccnc2)C2=C(CC(C)(C)CC2=O)N1. The largest absolute Gasteiger partial charge is 0.362 e. The molecule has 2 aliphatic rings. The number of anilines is 1. The minimum absolute atomic E-state index is 0.0779. The minimum Gasteiger partial charge on any atom is -0.362 e. The van der Waals surface area contributed by atoms with Crippen LogP contribution in [0.15, 0.2) is 65.4 Å². The van der Waals surface area contributed by atoms with Gasteiger partial charge in [0.1, 0.15) is 5.82 Å².